The lowest BCUT2D eigenvalue weighted by Crippen LogP contribution is -2.49. The number of piperazine rings is 1. The SMILES string of the molecule is CNCCC(=O)N1CCN(CC(C)C)CC1. The van der Waals surface area contributed by atoms with E-state index in [1.54, 1.807) is 0 Å². The van der Waals surface area contributed by atoms with E-state index < -0.39 is 0 Å². The summed E-state index contributed by atoms with van der Waals surface area (Å²) in [6.07, 6.45) is 0.626. The summed E-state index contributed by atoms with van der Waals surface area (Å²) in [7, 11) is 1.88. The highest BCUT2D eigenvalue weighted by Crippen LogP contribution is 2.06. The molecule has 0 spiro atoms. The molecule has 0 aromatic heterocycles. The van der Waals surface area contributed by atoms with Crippen LogP contribution in [0.2, 0.25) is 0 Å². The molecule has 16 heavy (non-hydrogen) atoms. The standard InChI is InChI=1S/C12H25N3O/c1-11(2)10-14-6-8-15(9-7-14)12(16)4-5-13-3/h11,13H,4-10H2,1-3H3. The van der Waals surface area contributed by atoms with Crippen molar-refractivity contribution in [3.8, 4) is 0 Å². The Morgan fingerprint density at radius 3 is 2.38 bits per heavy atom. The molecule has 0 bridgehead atoms. The monoisotopic (exact) mass is 227 g/mol. The van der Waals surface area contributed by atoms with E-state index in [1.165, 1.54) is 0 Å². The van der Waals surface area contributed by atoms with Gasteiger partial charge in [0.1, 0.15) is 0 Å². The van der Waals surface area contributed by atoms with Gasteiger partial charge in [0.2, 0.25) is 5.91 Å². The topological polar surface area (TPSA) is 35.6 Å². The van der Waals surface area contributed by atoms with Gasteiger partial charge in [0.25, 0.3) is 0 Å². The fourth-order valence-corrected chi connectivity index (χ4v) is 2.09. The molecule has 1 aliphatic rings. The maximum Gasteiger partial charge on any atom is 0.223 e. The Hall–Kier alpha value is -0.610. The van der Waals surface area contributed by atoms with Crippen LogP contribution in [0.15, 0.2) is 0 Å². The Morgan fingerprint density at radius 2 is 1.88 bits per heavy atom. The van der Waals surface area contributed by atoms with Crippen LogP contribution in [0.5, 0.6) is 0 Å². The molecular weight excluding hydrogens is 202 g/mol. The molecule has 1 saturated heterocycles. The van der Waals surface area contributed by atoms with Gasteiger partial charge in [-0.25, -0.2) is 0 Å². The lowest BCUT2D eigenvalue weighted by Gasteiger charge is -2.35. The van der Waals surface area contributed by atoms with Gasteiger partial charge < -0.3 is 10.2 Å². The Morgan fingerprint density at radius 1 is 1.25 bits per heavy atom. The van der Waals surface area contributed by atoms with Crippen LogP contribution in [0.4, 0.5) is 0 Å². The molecule has 1 aliphatic heterocycles. The number of carbonyl (C=O) groups is 1. The fourth-order valence-electron chi connectivity index (χ4n) is 2.09. The predicted molar refractivity (Wildman–Crippen MR) is 66.4 cm³/mol. The molecule has 0 aliphatic carbocycles. The lowest BCUT2D eigenvalue weighted by atomic mass is 10.2. The van der Waals surface area contributed by atoms with Gasteiger partial charge in [0.05, 0.1) is 0 Å². The van der Waals surface area contributed by atoms with E-state index in [0.29, 0.717) is 18.2 Å². The van der Waals surface area contributed by atoms with Gasteiger partial charge in [-0.3, -0.25) is 9.69 Å². The fraction of sp³-hybridized carbons (Fsp3) is 0.917. The molecule has 94 valence electrons. The molecule has 4 nitrogen and oxygen atoms in total. The summed E-state index contributed by atoms with van der Waals surface area (Å²) in [5.41, 5.74) is 0. The molecular formula is C12H25N3O. The van der Waals surface area contributed by atoms with Gasteiger partial charge >= 0.3 is 0 Å². The smallest absolute Gasteiger partial charge is 0.223 e. The second-order valence-electron chi connectivity index (χ2n) is 4.93. The summed E-state index contributed by atoms with van der Waals surface area (Å²) in [4.78, 5) is 16.2. The van der Waals surface area contributed by atoms with Crippen molar-refractivity contribution in [2.75, 3.05) is 46.3 Å². The van der Waals surface area contributed by atoms with Crippen LogP contribution >= 0.6 is 0 Å². The van der Waals surface area contributed by atoms with Crippen molar-refractivity contribution in [3.63, 3.8) is 0 Å². The number of rotatable bonds is 5. The van der Waals surface area contributed by atoms with Crippen molar-refractivity contribution in [1.82, 2.24) is 15.1 Å². The average Bonchev–Trinajstić information content (AvgIpc) is 2.26. The van der Waals surface area contributed by atoms with Crippen LogP contribution < -0.4 is 5.32 Å². The van der Waals surface area contributed by atoms with E-state index in [1.807, 2.05) is 11.9 Å². The Bertz CT molecular complexity index is 210. The maximum absolute atomic E-state index is 11.8. The Labute approximate surface area is 99.0 Å². The number of hydrogen-bond donors (Lipinski definition) is 1. The van der Waals surface area contributed by atoms with Crippen LogP contribution in [0.25, 0.3) is 0 Å². The first-order chi connectivity index (χ1) is 7.63. The number of hydrogen-bond acceptors (Lipinski definition) is 3. The van der Waals surface area contributed by atoms with E-state index >= 15 is 0 Å². The van der Waals surface area contributed by atoms with Gasteiger partial charge in [-0.2, -0.15) is 0 Å². The highest BCUT2D eigenvalue weighted by Gasteiger charge is 2.20. The largest absolute Gasteiger partial charge is 0.340 e. The van der Waals surface area contributed by atoms with Crippen LogP contribution in [0, 0.1) is 5.92 Å². The van der Waals surface area contributed by atoms with Crippen LogP contribution in [0.1, 0.15) is 20.3 Å². The third kappa shape index (κ3) is 4.49. The second kappa shape index (κ2) is 6.86. The zero-order chi connectivity index (χ0) is 12.0. The minimum absolute atomic E-state index is 0.290. The van der Waals surface area contributed by atoms with Crippen molar-refractivity contribution in [2.24, 2.45) is 5.92 Å². The number of nitrogens with one attached hydrogen (secondary N) is 1. The quantitative estimate of drug-likeness (QED) is 0.738. The number of carbonyl (C=O) groups excluding carboxylic acids is 1. The first-order valence-electron chi connectivity index (χ1n) is 6.28. The highest BCUT2D eigenvalue weighted by molar-refractivity contribution is 5.76. The molecule has 4 heteroatoms. The molecule has 1 amide bonds. The van der Waals surface area contributed by atoms with Crippen molar-refractivity contribution in [1.29, 1.82) is 0 Å². The van der Waals surface area contributed by atoms with Crippen LogP contribution in [-0.2, 0) is 4.79 Å². The first-order valence-corrected chi connectivity index (χ1v) is 6.28. The van der Waals surface area contributed by atoms with Gasteiger partial charge in [-0.15, -0.1) is 0 Å². The van der Waals surface area contributed by atoms with Gasteiger partial charge in [0.15, 0.2) is 0 Å². The average molecular weight is 227 g/mol. The van der Waals surface area contributed by atoms with Crippen molar-refractivity contribution >= 4 is 5.91 Å². The molecule has 1 rings (SSSR count). The molecule has 1 N–H and O–H groups in total. The summed E-state index contributed by atoms with van der Waals surface area (Å²) in [5.74, 6) is 1.00. The molecule has 1 heterocycles. The van der Waals surface area contributed by atoms with Crippen LogP contribution in [-0.4, -0.2) is 62.0 Å². The van der Waals surface area contributed by atoms with E-state index in [4.69, 9.17) is 0 Å². The van der Waals surface area contributed by atoms with E-state index in [9.17, 15) is 4.79 Å². The van der Waals surface area contributed by atoms with Gasteiger partial charge in [-0.1, -0.05) is 13.8 Å². The number of nitrogens with zero attached hydrogens (tertiary/aromatic N) is 2. The van der Waals surface area contributed by atoms with Crippen molar-refractivity contribution in [2.45, 2.75) is 20.3 Å². The normalized spacial score (nSPS) is 18.1. The first kappa shape index (κ1) is 13.5. The third-order valence-corrected chi connectivity index (χ3v) is 2.94. The summed E-state index contributed by atoms with van der Waals surface area (Å²) < 4.78 is 0. The minimum atomic E-state index is 0.290. The molecule has 0 aromatic carbocycles. The van der Waals surface area contributed by atoms with E-state index in [2.05, 4.69) is 24.1 Å². The second-order valence-corrected chi connectivity index (χ2v) is 4.93. The summed E-state index contributed by atoms with van der Waals surface area (Å²) >= 11 is 0. The molecule has 0 atom stereocenters. The van der Waals surface area contributed by atoms with Gasteiger partial charge in [-0.05, 0) is 13.0 Å². The maximum atomic E-state index is 11.8. The summed E-state index contributed by atoms with van der Waals surface area (Å²) in [5, 5.41) is 3.01. The molecule has 0 aromatic rings. The molecule has 0 unspecified atom stereocenters. The molecule has 0 radical (unpaired) electrons. The zero-order valence-corrected chi connectivity index (χ0v) is 10.8. The van der Waals surface area contributed by atoms with Crippen molar-refractivity contribution in [3.05, 3.63) is 0 Å². The lowest BCUT2D eigenvalue weighted by molar-refractivity contribution is -0.132. The molecule has 0 saturated carbocycles. The van der Waals surface area contributed by atoms with E-state index in [0.717, 1.165) is 39.3 Å². The minimum Gasteiger partial charge on any atom is -0.340 e. The number of amides is 1. The van der Waals surface area contributed by atoms with Crippen molar-refractivity contribution < 1.29 is 4.79 Å². The van der Waals surface area contributed by atoms with Crippen LogP contribution in [0.3, 0.4) is 0 Å². The highest BCUT2D eigenvalue weighted by atomic mass is 16.2. The predicted octanol–water partition coefficient (Wildman–Crippen LogP) is 0.396. The Balaban J connectivity index is 2.23. The third-order valence-electron chi connectivity index (χ3n) is 2.94. The molecule has 1 fully saturated rings. The van der Waals surface area contributed by atoms with Gasteiger partial charge in [0, 0.05) is 45.7 Å². The zero-order valence-electron chi connectivity index (χ0n) is 10.8. The van der Waals surface area contributed by atoms with E-state index in [-0.39, 0.29) is 0 Å². The summed E-state index contributed by atoms with van der Waals surface area (Å²) in [6, 6.07) is 0. The summed E-state index contributed by atoms with van der Waals surface area (Å²) in [6.45, 7) is 10.3. The Kier molecular flexibility index (Phi) is 5.77.